The van der Waals surface area contributed by atoms with Crippen molar-refractivity contribution in [2.24, 2.45) is 5.92 Å². The predicted octanol–water partition coefficient (Wildman–Crippen LogP) is -1.32. The average Bonchev–Trinajstić information content (AvgIpc) is 2.94. The minimum Gasteiger partial charge on any atom is -0.396 e. The Kier molecular flexibility index (Phi) is 2.85. The van der Waals surface area contributed by atoms with Gasteiger partial charge < -0.3 is 25.6 Å². The van der Waals surface area contributed by atoms with E-state index in [1.165, 1.54) is 12.7 Å². The van der Waals surface area contributed by atoms with Gasteiger partial charge in [0.2, 0.25) is 0 Å². The van der Waals surface area contributed by atoms with Crippen molar-refractivity contribution in [3.8, 4) is 0 Å². The zero-order valence-electron chi connectivity index (χ0n) is 10.1. The molecule has 19 heavy (non-hydrogen) atoms. The van der Waals surface area contributed by atoms with E-state index in [4.69, 9.17) is 5.73 Å². The molecule has 1 fully saturated rings. The van der Waals surface area contributed by atoms with Gasteiger partial charge in [0.1, 0.15) is 17.9 Å². The summed E-state index contributed by atoms with van der Waals surface area (Å²) in [5.41, 5.74) is 6.69. The standard InChI is InChI=1S/C11H15N5O3/c12-10-7-11(14-3-13-10)16(4-15-7)6-1-5(2-17)8(18)9(6)19/h3-6,8-9,17-19H,1-2H2,(H2,12,13,14)/t5-,6-,8?,9-/m1/s1. The minimum absolute atomic E-state index is 0.168. The van der Waals surface area contributed by atoms with Crippen LogP contribution in [0.25, 0.3) is 11.2 Å². The Morgan fingerprint density at radius 1 is 1.26 bits per heavy atom. The molecule has 4 atom stereocenters. The van der Waals surface area contributed by atoms with E-state index >= 15 is 0 Å². The highest BCUT2D eigenvalue weighted by atomic mass is 16.3. The average molecular weight is 265 g/mol. The Hall–Kier alpha value is -1.77. The molecule has 0 saturated heterocycles. The summed E-state index contributed by atoms with van der Waals surface area (Å²) in [7, 11) is 0. The van der Waals surface area contributed by atoms with Crippen LogP contribution in [0.2, 0.25) is 0 Å². The quantitative estimate of drug-likeness (QED) is 0.530. The Labute approximate surface area is 108 Å². The normalized spacial score (nSPS) is 31.1. The first kappa shape index (κ1) is 12.3. The van der Waals surface area contributed by atoms with Crippen molar-refractivity contribution in [1.29, 1.82) is 0 Å². The van der Waals surface area contributed by atoms with Crippen molar-refractivity contribution in [3.05, 3.63) is 12.7 Å². The fourth-order valence-corrected chi connectivity index (χ4v) is 2.67. The van der Waals surface area contributed by atoms with E-state index in [1.54, 1.807) is 4.57 Å². The van der Waals surface area contributed by atoms with Crippen molar-refractivity contribution in [2.75, 3.05) is 12.3 Å². The molecule has 0 aliphatic heterocycles. The molecule has 0 aromatic carbocycles. The first-order valence-electron chi connectivity index (χ1n) is 6.03. The lowest BCUT2D eigenvalue weighted by Crippen LogP contribution is -2.30. The van der Waals surface area contributed by atoms with Crippen molar-refractivity contribution in [1.82, 2.24) is 19.5 Å². The van der Waals surface area contributed by atoms with Crippen molar-refractivity contribution in [3.63, 3.8) is 0 Å². The smallest absolute Gasteiger partial charge is 0.165 e. The van der Waals surface area contributed by atoms with Crippen LogP contribution in [0.1, 0.15) is 12.5 Å². The van der Waals surface area contributed by atoms with Gasteiger partial charge in [-0.15, -0.1) is 0 Å². The number of nitrogen functional groups attached to an aromatic ring is 1. The van der Waals surface area contributed by atoms with E-state index in [-0.39, 0.29) is 24.4 Å². The van der Waals surface area contributed by atoms with Crippen LogP contribution in [0.5, 0.6) is 0 Å². The van der Waals surface area contributed by atoms with Crippen LogP contribution in [-0.4, -0.2) is 53.7 Å². The van der Waals surface area contributed by atoms with E-state index in [2.05, 4.69) is 15.0 Å². The first-order valence-corrected chi connectivity index (χ1v) is 6.03. The van der Waals surface area contributed by atoms with Crippen molar-refractivity contribution < 1.29 is 15.3 Å². The van der Waals surface area contributed by atoms with Gasteiger partial charge in [-0.05, 0) is 6.42 Å². The van der Waals surface area contributed by atoms with Gasteiger partial charge in [0.15, 0.2) is 11.5 Å². The molecule has 2 aromatic heterocycles. The number of nitrogens with zero attached hydrogens (tertiary/aromatic N) is 4. The summed E-state index contributed by atoms with van der Waals surface area (Å²) in [6.07, 6.45) is 1.39. The van der Waals surface area contributed by atoms with Gasteiger partial charge in [-0.3, -0.25) is 0 Å². The van der Waals surface area contributed by atoms with E-state index in [9.17, 15) is 15.3 Å². The topological polar surface area (TPSA) is 130 Å². The Bertz CT molecular complexity index is 601. The molecule has 1 aliphatic rings. The van der Waals surface area contributed by atoms with Crippen LogP contribution < -0.4 is 5.73 Å². The van der Waals surface area contributed by atoms with Crippen LogP contribution in [0.3, 0.4) is 0 Å². The molecule has 0 spiro atoms. The Morgan fingerprint density at radius 2 is 2.05 bits per heavy atom. The van der Waals surface area contributed by atoms with Crippen LogP contribution in [0.15, 0.2) is 12.7 Å². The molecular formula is C11H15N5O3. The molecule has 8 heteroatoms. The summed E-state index contributed by atoms with van der Waals surface area (Å²) in [5, 5.41) is 29.1. The number of fused-ring (bicyclic) bond motifs is 1. The lowest BCUT2D eigenvalue weighted by molar-refractivity contribution is -0.00370. The number of aliphatic hydroxyl groups excluding tert-OH is 3. The molecule has 8 nitrogen and oxygen atoms in total. The highest BCUT2D eigenvalue weighted by molar-refractivity contribution is 5.81. The summed E-state index contributed by atoms with van der Waals surface area (Å²) < 4.78 is 1.68. The minimum atomic E-state index is -0.967. The molecule has 1 unspecified atom stereocenters. The zero-order valence-corrected chi connectivity index (χ0v) is 10.1. The lowest BCUT2D eigenvalue weighted by atomic mass is 10.1. The second-order valence-electron chi connectivity index (χ2n) is 4.81. The molecule has 102 valence electrons. The number of anilines is 1. The summed E-state index contributed by atoms with van der Waals surface area (Å²) >= 11 is 0. The van der Waals surface area contributed by atoms with Crippen molar-refractivity contribution >= 4 is 17.0 Å². The number of nitrogens with two attached hydrogens (primary N) is 1. The number of rotatable bonds is 2. The van der Waals surface area contributed by atoms with Gasteiger partial charge in [-0.2, -0.15) is 0 Å². The third-order valence-electron chi connectivity index (χ3n) is 3.75. The summed E-state index contributed by atoms with van der Waals surface area (Å²) in [4.78, 5) is 12.1. The third kappa shape index (κ3) is 1.76. The van der Waals surface area contributed by atoms with Crippen LogP contribution in [0.4, 0.5) is 5.82 Å². The monoisotopic (exact) mass is 265 g/mol. The fraction of sp³-hybridized carbons (Fsp3) is 0.545. The second-order valence-corrected chi connectivity index (χ2v) is 4.81. The molecule has 0 bridgehead atoms. The maximum Gasteiger partial charge on any atom is 0.165 e. The molecule has 2 aromatic rings. The maximum absolute atomic E-state index is 10.1. The summed E-state index contributed by atoms with van der Waals surface area (Å²) in [6, 6.07) is -0.383. The zero-order chi connectivity index (χ0) is 13.6. The first-order chi connectivity index (χ1) is 9.13. The van der Waals surface area contributed by atoms with E-state index in [1.807, 2.05) is 0 Å². The molecule has 2 heterocycles. The van der Waals surface area contributed by atoms with Gasteiger partial charge in [-0.1, -0.05) is 0 Å². The Morgan fingerprint density at radius 3 is 2.74 bits per heavy atom. The molecular weight excluding hydrogens is 250 g/mol. The van der Waals surface area contributed by atoms with E-state index in [0.29, 0.717) is 17.6 Å². The predicted molar refractivity (Wildman–Crippen MR) is 66.0 cm³/mol. The number of hydrogen-bond acceptors (Lipinski definition) is 7. The lowest BCUT2D eigenvalue weighted by Gasteiger charge is -2.18. The molecule has 3 rings (SSSR count). The molecule has 0 amide bonds. The van der Waals surface area contributed by atoms with Crippen molar-refractivity contribution in [2.45, 2.75) is 24.7 Å². The highest BCUT2D eigenvalue weighted by Gasteiger charge is 2.42. The van der Waals surface area contributed by atoms with Gasteiger partial charge in [0.05, 0.1) is 18.5 Å². The molecule has 5 N–H and O–H groups in total. The molecule has 1 saturated carbocycles. The largest absolute Gasteiger partial charge is 0.396 e. The number of aliphatic hydroxyl groups is 3. The number of hydrogen-bond donors (Lipinski definition) is 4. The number of aromatic nitrogens is 4. The summed E-state index contributed by atoms with van der Waals surface area (Å²) in [6.45, 7) is -0.168. The van der Waals surface area contributed by atoms with Crippen LogP contribution in [-0.2, 0) is 0 Å². The van der Waals surface area contributed by atoms with Gasteiger partial charge in [0.25, 0.3) is 0 Å². The van der Waals surface area contributed by atoms with Gasteiger partial charge in [0, 0.05) is 12.5 Å². The Balaban J connectivity index is 2.04. The highest BCUT2D eigenvalue weighted by Crippen LogP contribution is 2.36. The fourth-order valence-electron chi connectivity index (χ4n) is 2.67. The van der Waals surface area contributed by atoms with E-state index in [0.717, 1.165) is 0 Å². The van der Waals surface area contributed by atoms with E-state index < -0.39 is 12.2 Å². The number of imidazole rings is 1. The third-order valence-corrected chi connectivity index (χ3v) is 3.75. The summed E-state index contributed by atoms with van der Waals surface area (Å²) in [5.74, 6) is -0.0767. The maximum atomic E-state index is 10.1. The molecule has 1 aliphatic carbocycles. The SMILES string of the molecule is Nc1ncnc2c1ncn2[C@@H]1C[C@H](CO)C(O)[C@@H]1O. The van der Waals surface area contributed by atoms with Crippen LogP contribution in [0, 0.1) is 5.92 Å². The molecule has 0 radical (unpaired) electrons. The second kappa shape index (κ2) is 4.41. The van der Waals surface area contributed by atoms with Crippen LogP contribution >= 0.6 is 0 Å². The van der Waals surface area contributed by atoms with Gasteiger partial charge in [-0.25, -0.2) is 15.0 Å². The van der Waals surface area contributed by atoms with Gasteiger partial charge >= 0.3 is 0 Å².